The van der Waals surface area contributed by atoms with Gasteiger partial charge in [-0.15, -0.1) is 0 Å². The Balaban J connectivity index is 2.70. The van der Waals surface area contributed by atoms with Crippen LogP contribution in [0, 0.1) is 18.8 Å². The molecule has 0 aliphatic rings. The van der Waals surface area contributed by atoms with Gasteiger partial charge in [0.15, 0.2) is 0 Å². The quantitative estimate of drug-likeness (QED) is 0.256. The summed E-state index contributed by atoms with van der Waals surface area (Å²) in [4.78, 5) is 2.66. The van der Waals surface area contributed by atoms with E-state index in [1.165, 1.54) is 5.56 Å². The predicted octanol–water partition coefficient (Wildman–Crippen LogP) is 3.81. The molecule has 0 unspecified atom stereocenters. The zero-order chi connectivity index (χ0) is 11.1. The van der Waals surface area contributed by atoms with Gasteiger partial charge >= 0.3 is 0 Å². The summed E-state index contributed by atoms with van der Waals surface area (Å²) in [6.45, 7) is 2.45. The molecule has 1 aromatic carbocycles. The number of hydrogen-bond acceptors (Lipinski definition) is 1. The van der Waals surface area contributed by atoms with Gasteiger partial charge in [0, 0.05) is 27.9 Å². The Morgan fingerprint density at radius 1 is 1.53 bits per heavy atom. The zero-order valence-corrected chi connectivity index (χ0v) is 9.95. The molecule has 3 nitrogen and oxygen atoms in total. The first-order chi connectivity index (χ1) is 7.24. The first-order valence-corrected chi connectivity index (χ1v) is 5.29. The molecule has 1 aromatic rings. The van der Waals surface area contributed by atoms with Crippen LogP contribution in [0.5, 0.6) is 0 Å². The van der Waals surface area contributed by atoms with E-state index in [1.807, 2.05) is 25.1 Å². The Bertz CT molecular complexity index is 451. The second kappa shape index (κ2) is 6.13. The van der Waals surface area contributed by atoms with E-state index in [0.717, 1.165) is 10.0 Å². The average Bonchev–Trinajstić information content (AvgIpc) is 2.23. The molecule has 0 saturated carbocycles. The van der Waals surface area contributed by atoms with Gasteiger partial charge < -0.3 is 0 Å². The van der Waals surface area contributed by atoms with Crippen molar-refractivity contribution < 1.29 is 0 Å². The zero-order valence-electron chi connectivity index (χ0n) is 8.37. The molecule has 0 amide bonds. The van der Waals surface area contributed by atoms with Crippen molar-refractivity contribution in [1.82, 2.24) is 0 Å². The van der Waals surface area contributed by atoms with Gasteiger partial charge in [0.2, 0.25) is 0 Å². The van der Waals surface area contributed by atoms with E-state index < -0.39 is 0 Å². The Morgan fingerprint density at radius 2 is 2.33 bits per heavy atom. The van der Waals surface area contributed by atoms with E-state index >= 15 is 0 Å². The van der Waals surface area contributed by atoms with Crippen LogP contribution >= 0.6 is 15.9 Å². The lowest BCUT2D eigenvalue weighted by molar-refractivity contribution is 1.01. The van der Waals surface area contributed by atoms with E-state index in [-0.39, 0.29) is 0 Å². The van der Waals surface area contributed by atoms with Crippen molar-refractivity contribution >= 4 is 15.9 Å². The number of nitrogens with zero attached hydrogens (tertiary/aromatic N) is 3. The van der Waals surface area contributed by atoms with Gasteiger partial charge in [0.05, 0.1) is 0 Å². The Hall–Kier alpha value is -1.43. The highest BCUT2D eigenvalue weighted by Crippen LogP contribution is 2.16. The Morgan fingerprint density at radius 3 is 3.07 bits per heavy atom. The minimum Gasteiger partial charge on any atom is -0.0977 e. The maximum absolute atomic E-state index is 8.07. The number of benzene rings is 1. The summed E-state index contributed by atoms with van der Waals surface area (Å²) in [6, 6.07) is 6.02. The lowest BCUT2D eigenvalue weighted by atomic mass is 10.1. The molecule has 0 aliphatic carbocycles. The lowest BCUT2D eigenvalue weighted by Crippen LogP contribution is -1.80. The molecular formula is C11H10BrN3. The molecule has 0 radical (unpaired) electrons. The highest BCUT2D eigenvalue weighted by Gasteiger charge is 1.94. The third-order valence-corrected chi connectivity index (χ3v) is 2.44. The predicted molar refractivity (Wildman–Crippen MR) is 64.4 cm³/mol. The van der Waals surface area contributed by atoms with Crippen molar-refractivity contribution in [3.63, 3.8) is 0 Å². The van der Waals surface area contributed by atoms with Gasteiger partial charge in [-0.25, -0.2) is 0 Å². The van der Waals surface area contributed by atoms with Crippen LogP contribution in [0.2, 0.25) is 0 Å². The molecular weight excluding hydrogens is 254 g/mol. The highest BCUT2D eigenvalue weighted by molar-refractivity contribution is 9.10. The van der Waals surface area contributed by atoms with Gasteiger partial charge in [-0.1, -0.05) is 23.0 Å². The number of halogens is 1. The molecule has 0 saturated heterocycles. The van der Waals surface area contributed by atoms with Crippen molar-refractivity contribution in [1.29, 1.82) is 0 Å². The molecule has 0 N–H and O–H groups in total. The molecule has 4 heteroatoms. The summed E-state index contributed by atoms with van der Waals surface area (Å²) >= 11 is 3.43. The molecule has 0 atom stereocenters. The maximum Gasteiger partial charge on any atom is 0.0390 e. The van der Waals surface area contributed by atoms with Crippen LogP contribution in [0.15, 0.2) is 27.8 Å². The summed E-state index contributed by atoms with van der Waals surface area (Å²) in [7, 11) is 0. The monoisotopic (exact) mass is 263 g/mol. The van der Waals surface area contributed by atoms with E-state index in [1.54, 1.807) is 0 Å². The van der Waals surface area contributed by atoms with Crippen LogP contribution < -0.4 is 0 Å². The first kappa shape index (κ1) is 11.6. The molecule has 0 spiro atoms. The van der Waals surface area contributed by atoms with Crippen molar-refractivity contribution in [2.45, 2.75) is 13.3 Å². The smallest absolute Gasteiger partial charge is 0.0390 e. The van der Waals surface area contributed by atoms with Gasteiger partial charge in [-0.3, -0.25) is 0 Å². The molecule has 1 rings (SSSR count). The topological polar surface area (TPSA) is 48.8 Å². The lowest BCUT2D eigenvalue weighted by Gasteiger charge is -1.97. The number of aryl methyl sites for hydroxylation is 1. The third-order valence-electron chi connectivity index (χ3n) is 1.74. The Labute approximate surface area is 97.3 Å². The van der Waals surface area contributed by atoms with Crippen LogP contribution in [0.25, 0.3) is 10.4 Å². The van der Waals surface area contributed by atoms with E-state index in [2.05, 4.69) is 37.8 Å². The van der Waals surface area contributed by atoms with Crippen LogP contribution in [0.3, 0.4) is 0 Å². The summed E-state index contributed by atoms with van der Waals surface area (Å²) in [5, 5.41) is 3.41. The van der Waals surface area contributed by atoms with Crippen molar-refractivity contribution in [3.05, 3.63) is 44.2 Å². The molecule has 0 aliphatic heterocycles. The SMILES string of the molecule is Cc1ccc(Br)c(C#CCCN=[N+]=[N-])c1. The van der Waals surface area contributed by atoms with Gasteiger partial charge in [-0.05, 0) is 46.1 Å². The van der Waals surface area contributed by atoms with Crippen molar-refractivity contribution in [2.24, 2.45) is 5.11 Å². The molecule has 0 fully saturated rings. The second-order valence-electron chi connectivity index (χ2n) is 2.99. The van der Waals surface area contributed by atoms with Gasteiger partial charge in [-0.2, -0.15) is 0 Å². The minimum atomic E-state index is 0.424. The minimum absolute atomic E-state index is 0.424. The van der Waals surface area contributed by atoms with Gasteiger partial charge in [0.1, 0.15) is 0 Å². The van der Waals surface area contributed by atoms with E-state index in [4.69, 9.17) is 5.53 Å². The third kappa shape index (κ3) is 4.07. The van der Waals surface area contributed by atoms with Crippen LogP contribution in [-0.2, 0) is 0 Å². The summed E-state index contributed by atoms with van der Waals surface area (Å²) in [6.07, 6.45) is 0.588. The van der Waals surface area contributed by atoms with Crippen LogP contribution in [0.1, 0.15) is 17.5 Å². The second-order valence-corrected chi connectivity index (χ2v) is 3.84. The summed E-state index contributed by atoms with van der Waals surface area (Å²) in [5.41, 5.74) is 10.2. The first-order valence-electron chi connectivity index (χ1n) is 4.50. The molecule has 76 valence electrons. The Kier molecular flexibility index (Phi) is 4.76. The fourth-order valence-electron chi connectivity index (χ4n) is 1.04. The summed E-state index contributed by atoms with van der Waals surface area (Å²) in [5.74, 6) is 5.99. The largest absolute Gasteiger partial charge is 0.0977 e. The van der Waals surface area contributed by atoms with Gasteiger partial charge in [0.25, 0.3) is 0 Å². The highest BCUT2D eigenvalue weighted by atomic mass is 79.9. The fraction of sp³-hybridized carbons (Fsp3) is 0.273. The molecule has 0 aromatic heterocycles. The molecule has 0 bridgehead atoms. The number of hydrogen-bond donors (Lipinski definition) is 0. The van der Waals surface area contributed by atoms with Crippen LogP contribution in [-0.4, -0.2) is 6.54 Å². The summed E-state index contributed by atoms with van der Waals surface area (Å²) < 4.78 is 0.990. The van der Waals surface area contributed by atoms with Crippen molar-refractivity contribution in [3.8, 4) is 11.8 Å². The van der Waals surface area contributed by atoms with Crippen molar-refractivity contribution in [2.75, 3.05) is 6.54 Å². The standard InChI is InChI=1S/C11H10BrN3/c1-9-5-6-11(12)10(8-9)4-2-3-7-14-15-13/h5-6,8H,3,7H2,1H3. The number of rotatable bonds is 2. The number of azide groups is 1. The van der Waals surface area contributed by atoms with Crippen LogP contribution in [0.4, 0.5) is 0 Å². The molecule has 0 heterocycles. The van der Waals surface area contributed by atoms with E-state index in [0.29, 0.717) is 13.0 Å². The van der Waals surface area contributed by atoms with E-state index in [9.17, 15) is 0 Å². The fourth-order valence-corrected chi connectivity index (χ4v) is 1.39. The normalized spacial score (nSPS) is 8.67. The molecule has 15 heavy (non-hydrogen) atoms. The average molecular weight is 264 g/mol. The maximum atomic E-state index is 8.07.